The number of carbonyl (C=O) groups excluding carboxylic acids is 1. The number of carbonyl (C=O) groups is 1. The van der Waals surface area contributed by atoms with Gasteiger partial charge >= 0.3 is 0 Å². The Labute approximate surface area is 171 Å². The fourth-order valence-corrected chi connectivity index (χ4v) is 4.92. The first kappa shape index (κ1) is 18.1. The Morgan fingerprint density at radius 1 is 1.21 bits per heavy atom. The second-order valence-corrected chi connectivity index (χ2v) is 8.16. The smallest absolute Gasteiger partial charge is 0.224 e. The van der Waals surface area contributed by atoms with E-state index in [-0.39, 0.29) is 17.9 Å². The highest BCUT2D eigenvalue weighted by Crippen LogP contribution is 2.53. The molecule has 0 saturated heterocycles. The SMILES string of the molecule is CCOc1ccc2c(c1)N(C1CCC1)C(c1ccc3c(c1)CCC(=O)N3)C2C#N. The van der Waals surface area contributed by atoms with Crippen LogP contribution in [0.4, 0.5) is 11.4 Å². The van der Waals surface area contributed by atoms with Gasteiger partial charge in [-0.25, -0.2) is 0 Å². The summed E-state index contributed by atoms with van der Waals surface area (Å²) in [6, 6.07) is 15.5. The van der Waals surface area contributed by atoms with Gasteiger partial charge in [0.2, 0.25) is 5.91 Å². The van der Waals surface area contributed by atoms with Crippen LogP contribution in [0, 0.1) is 11.3 Å². The highest BCUT2D eigenvalue weighted by Gasteiger charge is 2.44. The molecule has 1 amide bonds. The van der Waals surface area contributed by atoms with E-state index < -0.39 is 0 Å². The molecule has 2 atom stereocenters. The molecule has 2 aromatic carbocycles. The van der Waals surface area contributed by atoms with Gasteiger partial charge in [-0.05, 0) is 61.4 Å². The van der Waals surface area contributed by atoms with E-state index in [9.17, 15) is 10.1 Å². The topological polar surface area (TPSA) is 65.4 Å². The molecule has 0 spiro atoms. The lowest BCUT2D eigenvalue weighted by molar-refractivity contribution is -0.116. The predicted molar refractivity (Wildman–Crippen MR) is 112 cm³/mol. The third-order valence-electron chi connectivity index (χ3n) is 6.52. The van der Waals surface area contributed by atoms with E-state index in [4.69, 9.17) is 4.74 Å². The van der Waals surface area contributed by atoms with Crippen LogP contribution in [0.15, 0.2) is 36.4 Å². The van der Waals surface area contributed by atoms with Gasteiger partial charge in [0.25, 0.3) is 0 Å². The van der Waals surface area contributed by atoms with E-state index >= 15 is 0 Å². The Bertz CT molecular complexity index is 1010. The minimum absolute atomic E-state index is 0.0000968. The summed E-state index contributed by atoms with van der Waals surface area (Å²) in [7, 11) is 0. The van der Waals surface area contributed by atoms with Gasteiger partial charge in [0.15, 0.2) is 0 Å². The largest absolute Gasteiger partial charge is 0.494 e. The molecule has 2 heterocycles. The van der Waals surface area contributed by atoms with Crippen molar-refractivity contribution in [1.82, 2.24) is 0 Å². The van der Waals surface area contributed by atoms with Gasteiger partial charge in [-0.1, -0.05) is 18.2 Å². The average molecular weight is 387 g/mol. The highest BCUT2D eigenvalue weighted by atomic mass is 16.5. The van der Waals surface area contributed by atoms with Gasteiger partial charge in [-0.3, -0.25) is 4.79 Å². The molecule has 2 aromatic rings. The summed E-state index contributed by atoms with van der Waals surface area (Å²) in [5.74, 6) is 0.728. The number of rotatable bonds is 4. The van der Waals surface area contributed by atoms with E-state index in [1.54, 1.807) is 0 Å². The van der Waals surface area contributed by atoms with Gasteiger partial charge in [0.05, 0.1) is 24.6 Å². The molecule has 1 saturated carbocycles. The summed E-state index contributed by atoms with van der Waals surface area (Å²) in [6.07, 6.45) is 4.83. The minimum Gasteiger partial charge on any atom is -0.494 e. The van der Waals surface area contributed by atoms with Gasteiger partial charge < -0.3 is 15.0 Å². The minimum atomic E-state index is -0.211. The maximum atomic E-state index is 11.7. The first-order chi connectivity index (χ1) is 14.2. The van der Waals surface area contributed by atoms with Gasteiger partial charge in [-0.2, -0.15) is 5.26 Å². The maximum absolute atomic E-state index is 11.7. The lowest BCUT2D eigenvalue weighted by Crippen LogP contribution is -2.41. The van der Waals surface area contributed by atoms with Crippen LogP contribution in [0.2, 0.25) is 0 Å². The van der Waals surface area contributed by atoms with Crippen molar-refractivity contribution in [2.75, 3.05) is 16.8 Å². The molecule has 29 heavy (non-hydrogen) atoms. The summed E-state index contributed by atoms with van der Waals surface area (Å²) in [5, 5.41) is 13.1. The molecule has 1 aliphatic carbocycles. The molecule has 2 aliphatic heterocycles. The Hall–Kier alpha value is -3.00. The standard InChI is InChI=1S/C24H25N3O2/c1-2-29-18-8-9-19-20(14-25)24(27(22(19)13-18)17-4-3-5-17)16-6-10-21-15(12-16)7-11-23(28)26-21/h6,8-10,12-13,17,20,24H,2-5,7,11H2,1H3,(H,26,28). The van der Waals surface area contributed by atoms with Crippen molar-refractivity contribution in [2.24, 2.45) is 0 Å². The number of hydrogen-bond donors (Lipinski definition) is 1. The molecule has 5 heteroatoms. The van der Waals surface area contributed by atoms with Crippen LogP contribution in [-0.4, -0.2) is 18.6 Å². The van der Waals surface area contributed by atoms with E-state index in [2.05, 4.69) is 40.6 Å². The Morgan fingerprint density at radius 2 is 2.07 bits per heavy atom. The number of amides is 1. The summed E-state index contributed by atoms with van der Waals surface area (Å²) in [4.78, 5) is 14.2. The number of nitrogens with zero attached hydrogens (tertiary/aromatic N) is 2. The van der Waals surface area contributed by atoms with Crippen molar-refractivity contribution in [1.29, 1.82) is 5.26 Å². The number of anilines is 2. The van der Waals surface area contributed by atoms with E-state index in [0.29, 0.717) is 19.1 Å². The van der Waals surface area contributed by atoms with Crippen LogP contribution in [-0.2, 0) is 11.2 Å². The van der Waals surface area contributed by atoms with E-state index in [1.165, 1.54) is 12.0 Å². The summed E-state index contributed by atoms with van der Waals surface area (Å²) >= 11 is 0. The Morgan fingerprint density at radius 3 is 2.79 bits per heavy atom. The normalized spacial score (nSPS) is 22.9. The number of fused-ring (bicyclic) bond motifs is 2. The van der Waals surface area contributed by atoms with Gasteiger partial charge in [-0.15, -0.1) is 0 Å². The lowest BCUT2D eigenvalue weighted by atomic mass is 9.86. The molecule has 3 aliphatic rings. The second-order valence-electron chi connectivity index (χ2n) is 8.16. The van der Waals surface area contributed by atoms with Gasteiger partial charge in [0.1, 0.15) is 5.75 Å². The van der Waals surface area contributed by atoms with Crippen molar-refractivity contribution >= 4 is 17.3 Å². The number of aryl methyl sites for hydroxylation is 1. The Balaban J connectivity index is 1.59. The lowest BCUT2D eigenvalue weighted by Gasteiger charge is -2.41. The zero-order valence-corrected chi connectivity index (χ0v) is 16.6. The zero-order chi connectivity index (χ0) is 20.0. The van der Waals surface area contributed by atoms with Crippen LogP contribution in [0.25, 0.3) is 0 Å². The molecule has 1 fully saturated rings. The van der Waals surface area contributed by atoms with Crippen molar-refractivity contribution in [2.45, 2.75) is 57.0 Å². The first-order valence-corrected chi connectivity index (χ1v) is 10.6. The molecule has 1 N–H and O–H groups in total. The van der Waals surface area contributed by atoms with Crippen molar-refractivity contribution < 1.29 is 9.53 Å². The van der Waals surface area contributed by atoms with Crippen molar-refractivity contribution in [3.8, 4) is 11.8 Å². The molecule has 0 radical (unpaired) electrons. The van der Waals surface area contributed by atoms with Gasteiger partial charge in [0, 0.05) is 29.9 Å². The van der Waals surface area contributed by atoms with Crippen LogP contribution in [0.5, 0.6) is 5.75 Å². The number of nitriles is 1. The second kappa shape index (κ2) is 7.11. The zero-order valence-electron chi connectivity index (χ0n) is 16.6. The molecular formula is C24H25N3O2. The predicted octanol–water partition coefficient (Wildman–Crippen LogP) is 4.69. The molecule has 5 nitrogen and oxygen atoms in total. The third kappa shape index (κ3) is 2.95. The monoisotopic (exact) mass is 387 g/mol. The molecular weight excluding hydrogens is 362 g/mol. The number of nitrogens with one attached hydrogen (secondary N) is 1. The molecule has 0 bridgehead atoms. The van der Waals surface area contributed by atoms with Crippen molar-refractivity contribution in [3.05, 3.63) is 53.1 Å². The quantitative estimate of drug-likeness (QED) is 0.826. The number of benzene rings is 2. The average Bonchev–Trinajstić information content (AvgIpc) is 3.00. The highest BCUT2D eigenvalue weighted by molar-refractivity contribution is 5.94. The molecule has 2 unspecified atom stereocenters. The fourth-order valence-electron chi connectivity index (χ4n) is 4.92. The number of hydrogen-bond acceptors (Lipinski definition) is 4. The van der Waals surface area contributed by atoms with E-state index in [0.717, 1.165) is 47.5 Å². The first-order valence-electron chi connectivity index (χ1n) is 10.6. The molecule has 5 rings (SSSR count). The van der Waals surface area contributed by atoms with Crippen molar-refractivity contribution in [3.63, 3.8) is 0 Å². The maximum Gasteiger partial charge on any atom is 0.224 e. The summed E-state index contributed by atoms with van der Waals surface area (Å²) < 4.78 is 5.76. The Kier molecular flexibility index (Phi) is 4.43. The summed E-state index contributed by atoms with van der Waals surface area (Å²) in [6.45, 7) is 2.62. The molecule has 0 aromatic heterocycles. The van der Waals surface area contributed by atoms with Crippen LogP contribution in [0.1, 0.15) is 61.3 Å². The van der Waals surface area contributed by atoms with E-state index in [1.807, 2.05) is 19.1 Å². The fraction of sp³-hybridized carbons (Fsp3) is 0.417. The third-order valence-corrected chi connectivity index (χ3v) is 6.52. The number of ether oxygens (including phenoxy) is 1. The molecule has 148 valence electrons. The van der Waals surface area contributed by atoms with Crippen LogP contribution in [0.3, 0.4) is 0 Å². The summed E-state index contributed by atoms with van der Waals surface area (Å²) in [5.41, 5.74) is 5.47. The van der Waals surface area contributed by atoms with Crippen LogP contribution >= 0.6 is 0 Å². The van der Waals surface area contributed by atoms with Crippen LogP contribution < -0.4 is 15.0 Å².